The zero-order valence-corrected chi connectivity index (χ0v) is 13.5. The average Bonchev–Trinajstić information content (AvgIpc) is 2.88. The maximum Gasteiger partial charge on any atom is 0.253 e. The lowest BCUT2D eigenvalue weighted by molar-refractivity contribution is -0.126. The molecule has 2 atom stereocenters. The zero-order chi connectivity index (χ0) is 15.6. The summed E-state index contributed by atoms with van der Waals surface area (Å²) in [4.78, 5) is 12.0. The summed E-state index contributed by atoms with van der Waals surface area (Å²) in [6.07, 6.45) is 0.734. The Morgan fingerprint density at radius 1 is 1.43 bits per heavy atom. The Bertz CT molecular complexity index is 650. The van der Waals surface area contributed by atoms with Crippen LogP contribution in [0.15, 0.2) is 27.6 Å². The van der Waals surface area contributed by atoms with Crippen molar-refractivity contribution in [1.82, 2.24) is 0 Å². The van der Waals surface area contributed by atoms with E-state index in [-0.39, 0.29) is 16.9 Å². The molecule has 21 heavy (non-hydrogen) atoms. The molecule has 1 aliphatic heterocycles. The van der Waals surface area contributed by atoms with Gasteiger partial charge in [0.1, 0.15) is 6.10 Å². The Morgan fingerprint density at radius 3 is 2.67 bits per heavy atom. The second-order valence-electron chi connectivity index (χ2n) is 4.74. The van der Waals surface area contributed by atoms with Crippen molar-refractivity contribution in [3.8, 4) is 0 Å². The molecule has 1 saturated heterocycles. The number of carbonyl (C=O) groups is 1. The van der Waals surface area contributed by atoms with Crippen LogP contribution in [-0.4, -0.2) is 33.1 Å². The number of hydrogen-bond donors (Lipinski definition) is 3. The highest BCUT2D eigenvalue weighted by atomic mass is 79.9. The first-order valence-corrected chi connectivity index (χ1v) is 8.64. The minimum absolute atomic E-state index is 0.0345. The molecule has 0 aliphatic carbocycles. The summed E-state index contributed by atoms with van der Waals surface area (Å²) in [5.74, 6) is -0.282. The van der Waals surface area contributed by atoms with E-state index in [0.717, 1.165) is 6.42 Å². The summed E-state index contributed by atoms with van der Waals surface area (Å²) in [6.45, 7) is 0.385. The predicted octanol–water partition coefficient (Wildman–Crippen LogP) is 0.541. The van der Waals surface area contributed by atoms with Gasteiger partial charge in [-0.1, -0.05) is 0 Å². The Morgan fingerprint density at radius 2 is 2.14 bits per heavy atom. The first-order valence-electron chi connectivity index (χ1n) is 6.30. The monoisotopic (exact) mass is 377 g/mol. The van der Waals surface area contributed by atoms with E-state index in [1.54, 1.807) is 0 Å². The number of nitrogens with one attached hydrogen (secondary N) is 1. The van der Waals surface area contributed by atoms with Gasteiger partial charge in [0, 0.05) is 11.0 Å². The molecule has 9 heteroatoms. The average molecular weight is 378 g/mol. The molecular weight excluding hydrogens is 362 g/mol. The van der Waals surface area contributed by atoms with E-state index in [0.29, 0.717) is 23.1 Å². The van der Waals surface area contributed by atoms with Crippen molar-refractivity contribution in [3.63, 3.8) is 0 Å². The Kier molecular flexibility index (Phi) is 4.99. The van der Waals surface area contributed by atoms with E-state index in [4.69, 9.17) is 15.6 Å². The molecule has 1 aliphatic rings. The highest BCUT2D eigenvalue weighted by Crippen LogP contribution is 2.27. The molecule has 0 bridgehead atoms. The van der Waals surface area contributed by atoms with Gasteiger partial charge in [0.2, 0.25) is 10.0 Å². The summed E-state index contributed by atoms with van der Waals surface area (Å²) < 4.78 is 28.4. The third-order valence-electron chi connectivity index (χ3n) is 3.19. The molecular formula is C12H16BrN3O4S. The van der Waals surface area contributed by atoms with Gasteiger partial charge in [0.05, 0.1) is 16.7 Å². The summed E-state index contributed by atoms with van der Waals surface area (Å²) in [5.41, 5.74) is 5.95. The molecule has 5 N–H and O–H groups in total. The van der Waals surface area contributed by atoms with Crippen molar-refractivity contribution in [1.29, 1.82) is 0 Å². The van der Waals surface area contributed by atoms with E-state index >= 15 is 0 Å². The number of carbonyl (C=O) groups excluding carboxylic acids is 1. The minimum atomic E-state index is -3.78. The predicted molar refractivity (Wildman–Crippen MR) is 81.1 cm³/mol. The van der Waals surface area contributed by atoms with Gasteiger partial charge in [0.15, 0.2) is 0 Å². The van der Waals surface area contributed by atoms with Crippen LogP contribution in [0.3, 0.4) is 0 Å². The van der Waals surface area contributed by atoms with Crippen LogP contribution < -0.4 is 16.2 Å². The van der Waals surface area contributed by atoms with Crippen LogP contribution in [0.25, 0.3) is 0 Å². The van der Waals surface area contributed by atoms with E-state index in [1.165, 1.54) is 18.2 Å². The lowest BCUT2D eigenvalue weighted by Gasteiger charge is -2.14. The first kappa shape index (κ1) is 16.4. The zero-order valence-electron chi connectivity index (χ0n) is 11.1. The quantitative estimate of drug-likeness (QED) is 0.706. The molecule has 2 unspecified atom stereocenters. The second-order valence-corrected chi connectivity index (χ2v) is 7.15. The number of halogens is 1. The van der Waals surface area contributed by atoms with Gasteiger partial charge >= 0.3 is 0 Å². The van der Waals surface area contributed by atoms with Crippen molar-refractivity contribution in [2.75, 3.05) is 11.9 Å². The van der Waals surface area contributed by atoms with E-state index in [1.807, 2.05) is 0 Å². The second kappa shape index (κ2) is 6.41. The van der Waals surface area contributed by atoms with Gasteiger partial charge < -0.3 is 15.8 Å². The number of primary sulfonamides is 1. The lowest BCUT2D eigenvalue weighted by atomic mass is 10.2. The van der Waals surface area contributed by atoms with Crippen LogP contribution in [0.2, 0.25) is 0 Å². The summed E-state index contributed by atoms with van der Waals surface area (Å²) in [6, 6.07) is 4.13. The molecule has 0 spiro atoms. The third-order valence-corrected chi connectivity index (χ3v) is 4.76. The Labute approximate surface area is 131 Å². The van der Waals surface area contributed by atoms with Gasteiger partial charge in [-0.25, -0.2) is 13.6 Å². The van der Waals surface area contributed by atoms with Crippen LogP contribution in [0.1, 0.15) is 12.8 Å². The Balaban J connectivity index is 2.08. The minimum Gasteiger partial charge on any atom is -0.364 e. The molecule has 0 radical (unpaired) electrons. The number of amides is 1. The van der Waals surface area contributed by atoms with Gasteiger partial charge in [-0.3, -0.25) is 4.79 Å². The molecule has 2 rings (SSSR count). The maximum atomic E-state index is 12.1. The topological polar surface area (TPSA) is 125 Å². The number of ether oxygens (including phenoxy) is 1. The fourth-order valence-electron chi connectivity index (χ4n) is 2.06. The summed E-state index contributed by atoms with van der Waals surface area (Å²) >= 11 is 3.21. The fourth-order valence-corrected chi connectivity index (χ4v) is 3.23. The first-order chi connectivity index (χ1) is 9.81. The largest absolute Gasteiger partial charge is 0.364 e. The highest BCUT2D eigenvalue weighted by Gasteiger charge is 2.30. The molecule has 1 amide bonds. The van der Waals surface area contributed by atoms with Crippen molar-refractivity contribution < 1.29 is 17.9 Å². The summed E-state index contributed by atoms with van der Waals surface area (Å²) in [7, 11) is -3.78. The highest BCUT2D eigenvalue weighted by molar-refractivity contribution is 9.10. The number of nitrogens with two attached hydrogens (primary N) is 2. The van der Waals surface area contributed by atoms with Crippen molar-refractivity contribution >= 4 is 37.5 Å². The summed E-state index contributed by atoms with van der Waals surface area (Å²) in [5, 5.41) is 7.73. The smallest absolute Gasteiger partial charge is 0.253 e. The van der Waals surface area contributed by atoms with Crippen LogP contribution in [0.5, 0.6) is 0 Å². The van der Waals surface area contributed by atoms with Crippen molar-refractivity contribution in [2.45, 2.75) is 29.9 Å². The Hall–Kier alpha value is -1.00. The molecule has 1 fully saturated rings. The van der Waals surface area contributed by atoms with Crippen LogP contribution in [0, 0.1) is 0 Å². The molecule has 7 nitrogen and oxygen atoms in total. The number of anilines is 1. The molecule has 1 heterocycles. The van der Waals surface area contributed by atoms with E-state index in [9.17, 15) is 13.2 Å². The van der Waals surface area contributed by atoms with Crippen molar-refractivity contribution in [3.05, 3.63) is 22.7 Å². The van der Waals surface area contributed by atoms with Gasteiger partial charge in [-0.15, -0.1) is 0 Å². The van der Waals surface area contributed by atoms with Crippen LogP contribution in [-0.2, 0) is 19.6 Å². The number of benzene rings is 1. The number of sulfonamides is 1. The molecule has 0 aromatic heterocycles. The lowest BCUT2D eigenvalue weighted by Crippen LogP contribution is -2.29. The van der Waals surface area contributed by atoms with Gasteiger partial charge in [-0.05, 0) is 47.0 Å². The van der Waals surface area contributed by atoms with E-state index < -0.39 is 16.1 Å². The van der Waals surface area contributed by atoms with Gasteiger partial charge in [0.25, 0.3) is 5.91 Å². The fraction of sp³-hybridized carbons (Fsp3) is 0.417. The van der Waals surface area contributed by atoms with Crippen LogP contribution in [0.4, 0.5) is 5.69 Å². The van der Waals surface area contributed by atoms with Crippen LogP contribution >= 0.6 is 15.9 Å². The molecule has 116 valence electrons. The molecule has 0 saturated carbocycles. The normalized spacial score (nSPS) is 22.2. The number of hydrogen-bond acceptors (Lipinski definition) is 5. The third kappa shape index (κ3) is 4.01. The molecule has 1 aromatic carbocycles. The molecule has 1 aromatic rings. The number of rotatable bonds is 4. The van der Waals surface area contributed by atoms with Gasteiger partial charge in [-0.2, -0.15) is 0 Å². The van der Waals surface area contributed by atoms with E-state index in [2.05, 4.69) is 21.2 Å². The maximum absolute atomic E-state index is 12.1. The van der Waals surface area contributed by atoms with Crippen molar-refractivity contribution in [2.24, 2.45) is 10.9 Å². The SMILES string of the molecule is NCC1CCC(C(=O)Nc2ccc(S(N)(=O)=O)cc2Br)O1. The standard InChI is InChI=1S/C12H16BrN3O4S/c13-9-5-8(21(15,18)19)2-3-10(9)16-12(17)11-4-1-7(6-14)20-11/h2-3,5,7,11H,1,4,6,14H2,(H,16,17)(H2,15,18,19).